The molecule has 0 aromatic heterocycles. The molecule has 0 radical (unpaired) electrons. The van der Waals surface area contributed by atoms with Crippen molar-refractivity contribution in [2.75, 3.05) is 0 Å². The van der Waals surface area contributed by atoms with Crippen LogP contribution < -0.4 is 0 Å². The van der Waals surface area contributed by atoms with Crippen molar-refractivity contribution in [2.45, 2.75) is 53.4 Å². The molecule has 2 aliphatic carbocycles. The zero-order valence-corrected chi connectivity index (χ0v) is 11.7. The van der Waals surface area contributed by atoms with Crippen LogP contribution in [0.1, 0.15) is 53.4 Å². The van der Waals surface area contributed by atoms with E-state index in [1.807, 2.05) is 13.8 Å². The molecule has 0 aromatic rings. The van der Waals surface area contributed by atoms with Crippen molar-refractivity contribution in [3.63, 3.8) is 0 Å². The molecule has 0 aromatic carbocycles. The summed E-state index contributed by atoms with van der Waals surface area (Å²) in [5, 5.41) is 0. The van der Waals surface area contributed by atoms with Crippen molar-refractivity contribution >= 4 is 17.3 Å². The number of ketones is 3. The number of carbonyl (C=O) groups excluding carboxylic acids is 3. The molecule has 0 aliphatic heterocycles. The van der Waals surface area contributed by atoms with E-state index in [9.17, 15) is 14.4 Å². The van der Waals surface area contributed by atoms with Gasteiger partial charge in [-0.05, 0) is 38.5 Å². The van der Waals surface area contributed by atoms with Gasteiger partial charge in [-0.15, -0.1) is 0 Å². The highest BCUT2D eigenvalue weighted by Gasteiger charge is 2.68. The van der Waals surface area contributed by atoms with Crippen LogP contribution in [0.3, 0.4) is 0 Å². The van der Waals surface area contributed by atoms with Crippen LogP contribution in [-0.4, -0.2) is 17.3 Å². The second-order valence-electron chi connectivity index (χ2n) is 6.61. The van der Waals surface area contributed by atoms with Crippen LogP contribution in [0.5, 0.6) is 0 Å². The van der Waals surface area contributed by atoms with E-state index in [1.54, 1.807) is 13.8 Å². The van der Waals surface area contributed by atoms with Crippen LogP contribution in [0.4, 0.5) is 0 Å². The second kappa shape index (κ2) is 4.01. The maximum absolute atomic E-state index is 12.8. The average Bonchev–Trinajstić information content (AvgIpc) is 3.04. The fourth-order valence-electron chi connectivity index (χ4n) is 3.65. The molecule has 0 bridgehead atoms. The predicted octanol–water partition coefficient (Wildman–Crippen LogP) is 2.57. The van der Waals surface area contributed by atoms with Crippen LogP contribution >= 0.6 is 0 Å². The first-order valence-corrected chi connectivity index (χ1v) is 6.78. The molecule has 4 atom stereocenters. The summed E-state index contributed by atoms with van der Waals surface area (Å²) in [4.78, 5) is 35.6. The molecule has 0 saturated heterocycles. The fraction of sp³-hybridized carbons (Fsp3) is 0.800. The van der Waals surface area contributed by atoms with E-state index in [4.69, 9.17) is 0 Å². The molecule has 2 rings (SSSR count). The summed E-state index contributed by atoms with van der Waals surface area (Å²) in [5.41, 5.74) is -0.877. The Balaban J connectivity index is 2.20. The van der Waals surface area contributed by atoms with Gasteiger partial charge >= 0.3 is 0 Å². The molecular weight excluding hydrogens is 228 g/mol. The van der Waals surface area contributed by atoms with Crippen LogP contribution in [0.15, 0.2) is 0 Å². The highest BCUT2D eigenvalue weighted by atomic mass is 16.1. The predicted molar refractivity (Wildman–Crippen MR) is 68.0 cm³/mol. The van der Waals surface area contributed by atoms with Crippen LogP contribution in [0.25, 0.3) is 0 Å². The molecule has 0 spiro atoms. The van der Waals surface area contributed by atoms with Gasteiger partial charge in [0, 0.05) is 23.7 Å². The largest absolute Gasteiger partial charge is 0.300 e. The molecule has 3 nitrogen and oxygen atoms in total. The normalized spacial score (nSPS) is 41.3. The first-order valence-electron chi connectivity index (χ1n) is 6.78. The zero-order chi connectivity index (χ0) is 13.7. The number of rotatable bonds is 6. The standard InChI is InChI=1S/C15H22O3/c1-9-5-14(9,7-11(3)16)13(18)15(6-10(15)2)8-12(4)17/h9-10H,5-8H2,1-4H3. The lowest BCUT2D eigenvalue weighted by molar-refractivity contribution is -0.136. The van der Waals surface area contributed by atoms with Gasteiger partial charge in [0.25, 0.3) is 0 Å². The minimum Gasteiger partial charge on any atom is -0.300 e. The molecule has 3 heteroatoms. The first kappa shape index (κ1) is 13.4. The van der Waals surface area contributed by atoms with Crippen molar-refractivity contribution in [1.29, 1.82) is 0 Å². The lowest BCUT2D eigenvalue weighted by Crippen LogP contribution is -2.32. The van der Waals surface area contributed by atoms with Gasteiger partial charge in [0.1, 0.15) is 17.3 Å². The third-order valence-corrected chi connectivity index (χ3v) is 4.94. The van der Waals surface area contributed by atoms with Gasteiger partial charge in [-0.1, -0.05) is 13.8 Å². The van der Waals surface area contributed by atoms with Crippen molar-refractivity contribution in [3.05, 3.63) is 0 Å². The van der Waals surface area contributed by atoms with Gasteiger partial charge < -0.3 is 0 Å². The molecule has 2 saturated carbocycles. The quantitative estimate of drug-likeness (QED) is 0.728. The Labute approximate surface area is 108 Å². The Kier molecular flexibility index (Phi) is 2.99. The summed E-state index contributed by atoms with van der Waals surface area (Å²) in [5.74, 6) is 0.953. The lowest BCUT2D eigenvalue weighted by atomic mass is 9.79. The van der Waals surface area contributed by atoms with E-state index in [0.29, 0.717) is 24.7 Å². The molecule has 18 heavy (non-hydrogen) atoms. The summed E-state index contributed by atoms with van der Waals surface area (Å²) in [6.45, 7) is 7.17. The Morgan fingerprint density at radius 2 is 1.17 bits per heavy atom. The molecule has 0 heterocycles. The summed E-state index contributed by atoms with van der Waals surface area (Å²) in [7, 11) is 0. The molecule has 100 valence electrons. The average molecular weight is 250 g/mol. The van der Waals surface area contributed by atoms with Gasteiger partial charge in [-0.25, -0.2) is 0 Å². The molecule has 2 aliphatic rings. The molecule has 4 unspecified atom stereocenters. The van der Waals surface area contributed by atoms with Crippen molar-refractivity contribution < 1.29 is 14.4 Å². The minimum absolute atomic E-state index is 0.0824. The van der Waals surface area contributed by atoms with E-state index in [2.05, 4.69) is 0 Å². The Morgan fingerprint density at radius 1 is 0.889 bits per heavy atom. The Morgan fingerprint density at radius 3 is 1.33 bits per heavy atom. The van der Waals surface area contributed by atoms with E-state index < -0.39 is 10.8 Å². The summed E-state index contributed by atoms with van der Waals surface area (Å²) < 4.78 is 0. The Hall–Kier alpha value is -0.990. The second-order valence-corrected chi connectivity index (χ2v) is 6.61. The van der Waals surface area contributed by atoms with E-state index in [0.717, 1.165) is 12.8 Å². The minimum atomic E-state index is -0.438. The van der Waals surface area contributed by atoms with Crippen molar-refractivity contribution in [3.8, 4) is 0 Å². The van der Waals surface area contributed by atoms with Gasteiger partial charge in [-0.2, -0.15) is 0 Å². The summed E-state index contributed by atoms with van der Waals surface area (Å²) >= 11 is 0. The zero-order valence-electron chi connectivity index (χ0n) is 11.7. The summed E-state index contributed by atoms with van der Waals surface area (Å²) in [6.07, 6.45) is 2.36. The maximum Gasteiger partial charge on any atom is 0.146 e. The van der Waals surface area contributed by atoms with Crippen LogP contribution in [-0.2, 0) is 14.4 Å². The van der Waals surface area contributed by atoms with Crippen molar-refractivity contribution in [1.82, 2.24) is 0 Å². The van der Waals surface area contributed by atoms with E-state index in [-0.39, 0.29) is 17.3 Å². The number of hydrogen-bond acceptors (Lipinski definition) is 3. The molecular formula is C15H22O3. The topological polar surface area (TPSA) is 51.2 Å². The molecule has 0 amide bonds. The number of carbonyl (C=O) groups is 3. The third-order valence-electron chi connectivity index (χ3n) is 4.94. The number of Topliss-reactive ketones (excluding diaryl/α,β-unsaturated/α-hetero) is 3. The van der Waals surface area contributed by atoms with Gasteiger partial charge in [-0.3, -0.25) is 14.4 Å². The summed E-state index contributed by atoms with van der Waals surface area (Å²) in [6, 6.07) is 0. The Bertz CT molecular complexity index is 387. The van der Waals surface area contributed by atoms with Crippen LogP contribution in [0.2, 0.25) is 0 Å². The number of hydrogen-bond donors (Lipinski definition) is 0. The smallest absolute Gasteiger partial charge is 0.146 e. The highest BCUT2D eigenvalue weighted by molar-refractivity contribution is 6.01. The van der Waals surface area contributed by atoms with Gasteiger partial charge in [0.05, 0.1) is 0 Å². The third kappa shape index (κ3) is 1.94. The lowest BCUT2D eigenvalue weighted by Gasteiger charge is -2.22. The van der Waals surface area contributed by atoms with E-state index in [1.165, 1.54) is 0 Å². The highest BCUT2D eigenvalue weighted by Crippen LogP contribution is 2.66. The maximum atomic E-state index is 12.8. The fourth-order valence-corrected chi connectivity index (χ4v) is 3.65. The van der Waals surface area contributed by atoms with Gasteiger partial charge in [0.2, 0.25) is 0 Å². The monoisotopic (exact) mass is 250 g/mol. The van der Waals surface area contributed by atoms with Gasteiger partial charge in [0.15, 0.2) is 0 Å². The SMILES string of the molecule is CC(=O)CC1(C(=O)C2(CC(C)=O)CC2C)CC1C. The van der Waals surface area contributed by atoms with Crippen molar-refractivity contribution in [2.24, 2.45) is 22.7 Å². The molecule has 2 fully saturated rings. The molecule has 0 N–H and O–H groups in total. The van der Waals surface area contributed by atoms with E-state index >= 15 is 0 Å². The van der Waals surface area contributed by atoms with Crippen LogP contribution in [0, 0.1) is 22.7 Å². The first-order chi connectivity index (χ1) is 8.24.